The molecule has 122 valence electrons. The van der Waals surface area contributed by atoms with Gasteiger partial charge in [-0.2, -0.15) is 4.98 Å². The van der Waals surface area contributed by atoms with Crippen molar-refractivity contribution in [2.45, 2.75) is 31.2 Å². The molecule has 0 amide bonds. The van der Waals surface area contributed by atoms with Crippen LogP contribution in [0.1, 0.15) is 19.1 Å². The first-order chi connectivity index (χ1) is 10.5. The summed E-state index contributed by atoms with van der Waals surface area (Å²) in [6.45, 7) is -0.485. The number of carbonyl (C=O) groups is 1. The lowest BCUT2D eigenvalue weighted by Crippen LogP contribution is -2.37. The van der Waals surface area contributed by atoms with E-state index in [1.165, 1.54) is 16.8 Å². The van der Waals surface area contributed by atoms with E-state index in [0.29, 0.717) is 12.8 Å². The Hall–Kier alpha value is -2.01. The molecular formula is C12H18N4O6. The van der Waals surface area contributed by atoms with Gasteiger partial charge in [0.1, 0.15) is 18.9 Å². The van der Waals surface area contributed by atoms with Crippen molar-refractivity contribution in [2.24, 2.45) is 5.73 Å². The summed E-state index contributed by atoms with van der Waals surface area (Å²) >= 11 is 0. The number of nitrogens with two attached hydrogens (primary N) is 1. The molecule has 1 aliphatic heterocycles. The van der Waals surface area contributed by atoms with Crippen LogP contribution in [0.25, 0.3) is 0 Å². The molecule has 10 nitrogen and oxygen atoms in total. The largest absolute Gasteiger partial charge is 0.462 e. The van der Waals surface area contributed by atoms with E-state index in [1.54, 1.807) is 5.48 Å². The number of aliphatic hydroxyl groups excluding tert-OH is 1. The lowest BCUT2D eigenvalue weighted by molar-refractivity contribution is -0.150. The molecule has 1 fully saturated rings. The number of aromatic nitrogens is 2. The highest BCUT2D eigenvalue weighted by Crippen LogP contribution is 2.27. The molecule has 22 heavy (non-hydrogen) atoms. The molecule has 10 heteroatoms. The average molecular weight is 314 g/mol. The normalized spacial score (nSPS) is 22.3. The minimum absolute atomic E-state index is 0.00148. The number of nitrogens with one attached hydrogen (secondary N) is 1. The maximum Gasteiger partial charge on any atom is 0.351 e. The number of carbonyl (C=O) groups excluding carboxylic acids is 1. The zero-order valence-corrected chi connectivity index (χ0v) is 11.7. The van der Waals surface area contributed by atoms with Crippen molar-refractivity contribution in [2.75, 3.05) is 18.7 Å². The molecule has 2 rings (SSSR count). The summed E-state index contributed by atoms with van der Waals surface area (Å²) in [4.78, 5) is 26.7. The topological polar surface area (TPSA) is 149 Å². The van der Waals surface area contributed by atoms with Crippen molar-refractivity contribution in [1.82, 2.24) is 9.55 Å². The van der Waals surface area contributed by atoms with Gasteiger partial charge in [0, 0.05) is 6.20 Å². The zero-order chi connectivity index (χ0) is 16.1. The zero-order valence-electron chi connectivity index (χ0n) is 11.7. The predicted molar refractivity (Wildman–Crippen MR) is 73.1 cm³/mol. The highest BCUT2D eigenvalue weighted by Gasteiger charge is 2.29. The number of rotatable bonds is 6. The highest BCUT2D eigenvalue weighted by molar-refractivity contribution is 5.75. The van der Waals surface area contributed by atoms with E-state index in [0.717, 1.165) is 0 Å². The summed E-state index contributed by atoms with van der Waals surface area (Å²) < 4.78 is 11.9. The molecule has 0 bridgehead atoms. The van der Waals surface area contributed by atoms with E-state index < -0.39 is 30.5 Å². The second-order valence-electron chi connectivity index (χ2n) is 4.82. The van der Waals surface area contributed by atoms with E-state index in [2.05, 4.69) is 4.98 Å². The van der Waals surface area contributed by atoms with Crippen LogP contribution < -0.4 is 16.9 Å². The summed E-state index contributed by atoms with van der Waals surface area (Å²) in [6, 6.07) is 0.362. The number of aliphatic hydroxyl groups is 1. The van der Waals surface area contributed by atoms with E-state index in [4.69, 9.17) is 25.5 Å². The molecular weight excluding hydrogens is 296 g/mol. The maximum absolute atomic E-state index is 11.8. The SMILES string of the molecule is NC(CO)C(=O)OCC1CCC(n2ccc(NO)nc2=O)O1. The van der Waals surface area contributed by atoms with Crippen molar-refractivity contribution in [3.8, 4) is 0 Å². The number of anilines is 1. The lowest BCUT2D eigenvalue weighted by atomic mass is 10.2. The van der Waals surface area contributed by atoms with Crippen LogP contribution in [0, 0.1) is 0 Å². The number of nitrogens with zero attached hydrogens (tertiary/aromatic N) is 2. The van der Waals surface area contributed by atoms with Crippen molar-refractivity contribution >= 4 is 11.8 Å². The smallest absolute Gasteiger partial charge is 0.351 e. The second kappa shape index (κ2) is 7.31. The third kappa shape index (κ3) is 3.80. The van der Waals surface area contributed by atoms with Crippen molar-refractivity contribution in [1.29, 1.82) is 0 Å². The fourth-order valence-corrected chi connectivity index (χ4v) is 2.06. The summed E-state index contributed by atoms with van der Waals surface area (Å²) in [5.74, 6) is -0.658. The van der Waals surface area contributed by atoms with Crippen LogP contribution in [0.4, 0.5) is 5.82 Å². The first kappa shape index (κ1) is 16.4. The molecule has 1 aliphatic rings. The molecule has 0 aliphatic carbocycles. The first-order valence-corrected chi connectivity index (χ1v) is 6.73. The predicted octanol–water partition coefficient (Wildman–Crippen LogP) is -1.42. The first-order valence-electron chi connectivity index (χ1n) is 6.73. The molecule has 1 aromatic rings. The second-order valence-corrected chi connectivity index (χ2v) is 4.82. The minimum Gasteiger partial charge on any atom is -0.462 e. The molecule has 3 unspecified atom stereocenters. The summed E-state index contributed by atoms with van der Waals surface area (Å²) in [7, 11) is 0. The van der Waals surface area contributed by atoms with Crippen LogP contribution in [0.5, 0.6) is 0 Å². The maximum atomic E-state index is 11.8. The Labute approximate surface area is 125 Å². The summed E-state index contributed by atoms with van der Waals surface area (Å²) in [6.07, 6.45) is 1.74. The summed E-state index contributed by atoms with van der Waals surface area (Å²) in [5, 5.41) is 17.4. The van der Waals surface area contributed by atoms with Crippen LogP contribution in [-0.4, -0.2) is 51.2 Å². The Morgan fingerprint density at radius 1 is 1.64 bits per heavy atom. The quantitative estimate of drug-likeness (QED) is 0.366. The Morgan fingerprint density at radius 3 is 3.05 bits per heavy atom. The molecule has 1 aromatic heterocycles. The third-order valence-corrected chi connectivity index (χ3v) is 3.25. The van der Waals surface area contributed by atoms with Gasteiger partial charge in [0.15, 0.2) is 5.82 Å². The Balaban J connectivity index is 1.90. The highest BCUT2D eigenvalue weighted by atomic mass is 16.6. The van der Waals surface area contributed by atoms with Crippen molar-refractivity contribution < 1.29 is 24.6 Å². The summed E-state index contributed by atoms with van der Waals surface area (Å²) in [5.41, 5.74) is 6.54. The Bertz CT molecular complexity index is 577. The fraction of sp³-hybridized carbons (Fsp3) is 0.583. The van der Waals surface area contributed by atoms with Crippen molar-refractivity contribution in [3.63, 3.8) is 0 Å². The van der Waals surface area contributed by atoms with Crippen molar-refractivity contribution in [3.05, 3.63) is 22.7 Å². The molecule has 3 atom stereocenters. The Morgan fingerprint density at radius 2 is 2.41 bits per heavy atom. The molecule has 0 radical (unpaired) electrons. The number of hydrogen-bond acceptors (Lipinski definition) is 9. The van der Waals surface area contributed by atoms with Gasteiger partial charge in [0.2, 0.25) is 0 Å². The lowest BCUT2D eigenvalue weighted by Gasteiger charge is -2.16. The molecule has 0 saturated carbocycles. The van der Waals surface area contributed by atoms with E-state index in [-0.39, 0.29) is 18.5 Å². The van der Waals surface area contributed by atoms with Gasteiger partial charge in [0.25, 0.3) is 0 Å². The molecule has 2 heterocycles. The number of hydrogen-bond donors (Lipinski definition) is 4. The standard InChI is InChI=1S/C12H18N4O6/c13-8(5-17)11(18)21-6-7-1-2-10(22-7)16-4-3-9(15-20)14-12(16)19/h3-4,7-8,10,17,20H,1-2,5-6,13H2,(H,14,15,19). The van der Waals surface area contributed by atoms with Gasteiger partial charge in [-0.15, -0.1) is 0 Å². The van der Waals surface area contributed by atoms with Crippen LogP contribution in [0.2, 0.25) is 0 Å². The molecule has 5 N–H and O–H groups in total. The van der Waals surface area contributed by atoms with E-state index >= 15 is 0 Å². The monoisotopic (exact) mass is 314 g/mol. The van der Waals surface area contributed by atoms with Crippen LogP contribution in [0.3, 0.4) is 0 Å². The Kier molecular flexibility index (Phi) is 5.44. The van der Waals surface area contributed by atoms with Gasteiger partial charge in [-0.1, -0.05) is 0 Å². The average Bonchev–Trinajstić information content (AvgIpc) is 3.00. The van der Waals surface area contributed by atoms with Gasteiger partial charge in [0.05, 0.1) is 12.7 Å². The number of esters is 1. The van der Waals surface area contributed by atoms with Crippen LogP contribution in [-0.2, 0) is 14.3 Å². The molecule has 1 saturated heterocycles. The van der Waals surface area contributed by atoms with Crippen LogP contribution >= 0.6 is 0 Å². The van der Waals surface area contributed by atoms with E-state index in [1.807, 2.05) is 0 Å². The molecule has 0 aromatic carbocycles. The van der Waals surface area contributed by atoms with Gasteiger partial charge in [-0.3, -0.25) is 20.0 Å². The van der Waals surface area contributed by atoms with Gasteiger partial charge in [-0.25, -0.2) is 4.79 Å². The minimum atomic E-state index is -1.07. The molecule has 0 spiro atoms. The van der Waals surface area contributed by atoms with E-state index in [9.17, 15) is 9.59 Å². The third-order valence-electron chi connectivity index (χ3n) is 3.25. The number of ether oxygens (including phenoxy) is 2. The van der Waals surface area contributed by atoms with Gasteiger partial charge < -0.3 is 20.3 Å². The van der Waals surface area contributed by atoms with Gasteiger partial charge >= 0.3 is 11.7 Å². The fourth-order valence-electron chi connectivity index (χ4n) is 2.06. The van der Waals surface area contributed by atoms with Crippen LogP contribution in [0.15, 0.2) is 17.1 Å². The van der Waals surface area contributed by atoms with Gasteiger partial charge in [-0.05, 0) is 18.9 Å².